The first kappa shape index (κ1) is 19.2. The van der Waals surface area contributed by atoms with Crippen LogP contribution < -0.4 is 10.6 Å². The second-order valence-electron chi connectivity index (χ2n) is 5.92. The van der Waals surface area contributed by atoms with Crippen LogP contribution >= 0.6 is 0 Å². The number of carbonyl (C=O) groups excluding carboxylic acids is 2. The van der Waals surface area contributed by atoms with Crippen molar-refractivity contribution in [3.05, 3.63) is 59.7 Å². The summed E-state index contributed by atoms with van der Waals surface area (Å²) < 4.78 is 0. The van der Waals surface area contributed by atoms with Crippen LogP contribution in [0, 0.1) is 5.92 Å². The molecule has 0 aromatic heterocycles. The second-order valence-corrected chi connectivity index (χ2v) is 5.92. The zero-order valence-corrected chi connectivity index (χ0v) is 14.8. The molecule has 0 atom stereocenters. The van der Waals surface area contributed by atoms with E-state index in [1.165, 1.54) is 24.3 Å². The number of nitrogens with one attached hydrogen (secondary N) is 2. The highest BCUT2D eigenvalue weighted by Gasteiger charge is 2.14. The number of carboxylic acids is 1. The highest BCUT2D eigenvalue weighted by atomic mass is 16.4. The molecule has 6 nitrogen and oxygen atoms in total. The predicted molar refractivity (Wildman–Crippen MR) is 100 cm³/mol. The van der Waals surface area contributed by atoms with E-state index in [9.17, 15) is 14.4 Å². The van der Waals surface area contributed by atoms with E-state index in [0.717, 1.165) is 12.8 Å². The average molecular weight is 354 g/mol. The van der Waals surface area contributed by atoms with Gasteiger partial charge in [0.05, 0.1) is 5.56 Å². The Balaban J connectivity index is 1.99. The van der Waals surface area contributed by atoms with Crippen molar-refractivity contribution in [1.82, 2.24) is 0 Å². The molecular formula is C20H22N2O4. The summed E-state index contributed by atoms with van der Waals surface area (Å²) in [5, 5.41) is 14.4. The Kier molecular flexibility index (Phi) is 6.49. The minimum atomic E-state index is -1.02. The van der Waals surface area contributed by atoms with Crippen LogP contribution in [0.15, 0.2) is 48.5 Å². The van der Waals surface area contributed by atoms with Gasteiger partial charge in [0.2, 0.25) is 5.91 Å². The van der Waals surface area contributed by atoms with Crippen LogP contribution in [0.2, 0.25) is 0 Å². The van der Waals surface area contributed by atoms with Gasteiger partial charge in [-0.3, -0.25) is 9.59 Å². The second kappa shape index (κ2) is 8.80. The summed E-state index contributed by atoms with van der Waals surface area (Å²) in [6.07, 6.45) is 1.56. The molecule has 0 bridgehead atoms. The van der Waals surface area contributed by atoms with Crippen LogP contribution in [-0.2, 0) is 4.79 Å². The predicted octanol–water partition coefficient (Wildman–Crippen LogP) is 4.01. The Morgan fingerprint density at radius 1 is 0.808 bits per heavy atom. The van der Waals surface area contributed by atoms with E-state index in [-0.39, 0.29) is 23.3 Å². The van der Waals surface area contributed by atoms with E-state index in [0.29, 0.717) is 16.9 Å². The molecule has 2 amide bonds. The molecule has 2 rings (SSSR count). The van der Waals surface area contributed by atoms with Crippen LogP contribution in [0.3, 0.4) is 0 Å². The maximum Gasteiger partial charge on any atom is 0.335 e. The molecule has 3 N–H and O–H groups in total. The van der Waals surface area contributed by atoms with Gasteiger partial charge in [-0.2, -0.15) is 0 Å². The molecule has 6 heteroatoms. The fourth-order valence-corrected chi connectivity index (χ4v) is 2.51. The molecule has 0 aliphatic rings. The number of aromatic carboxylic acids is 1. The third-order valence-electron chi connectivity index (χ3n) is 4.16. The fraction of sp³-hybridized carbons (Fsp3) is 0.250. The standard InChI is InChI=1S/C20H22N2O4/c1-3-13(4-2)18(23)21-16-9-5-14(6-10-16)19(24)22-17-11-7-15(8-12-17)20(25)26/h5-13H,3-4H2,1-2H3,(H,21,23)(H,22,24)(H,25,26). The first-order valence-corrected chi connectivity index (χ1v) is 8.50. The number of carbonyl (C=O) groups is 3. The van der Waals surface area contributed by atoms with Gasteiger partial charge in [0.15, 0.2) is 0 Å². The Labute approximate surface area is 152 Å². The van der Waals surface area contributed by atoms with E-state index < -0.39 is 5.97 Å². The quantitative estimate of drug-likeness (QED) is 0.700. The molecule has 136 valence electrons. The molecule has 2 aromatic rings. The van der Waals surface area contributed by atoms with Gasteiger partial charge in [0.1, 0.15) is 0 Å². The Morgan fingerprint density at radius 2 is 1.27 bits per heavy atom. The van der Waals surface area contributed by atoms with Crippen molar-refractivity contribution >= 4 is 29.2 Å². The maximum absolute atomic E-state index is 12.3. The monoisotopic (exact) mass is 354 g/mol. The third kappa shape index (κ3) is 4.92. The van der Waals surface area contributed by atoms with E-state index in [4.69, 9.17) is 5.11 Å². The number of carboxylic acid groups (broad SMARTS) is 1. The number of benzene rings is 2. The van der Waals surface area contributed by atoms with Crippen molar-refractivity contribution in [2.24, 2.45) is 5.92 Å². The number of hydrogen-bond acceptors (Lipinski definition) is 3. The molecule has 0 aliphatic carbocycles. The first-order chi connectivity index (χ1) is 12.4. The zero-order valence-electron chi connectivity index (χ0n) is 14.8. The normalized spacial score (nSPS) is 10.4. The number of amides is 2. The van der Waals surface area contributed by atoms with Crippen LogP contribution in [-0.4, -0.2) is 22.9 Å². The minimum Gasteiger partial charge on any atom is -0.478 e. The molecule has 0 heterocycles. The van der Waals surface area contributed by atoms with Gasteiger partial charge in [0, 0.05) is 22.9 Å². The smallest absolute Gasteiger partial charge is 0.335 e. The van der Waals surface area contributed by atoms with Crippen molar-refractivity contribution < 1.29 is 19.5 Å². The van der Waals surface area contributed by atoms with Gasteiger partial charge >= 0.3 is 5.97 Å². The summed E-state index contributed by atoms with van der Waals surface area (Å²) >= 11 is 0. The molecule has 0 saturated carbocycles. The third-order valence-corrected chi connectivity index (χ3v) is 4.16. The summed E-state index contributed by atoms with van der Waals surface area (Å²) in [5.41, 5.74) is 1.74. The van der Waals surface area contributed by atoms with E-state index >= 15 is 0 Å². The summed E-state index contributed by atoms with van der Waals surface area (Å²) in [6.45, 7) is 3.95. The number of hydrogen-bond donors (Lipinski definition) is 3. The summed E-state index contributed by atoms with van der Waals surface area (Å²) in [5.74, 6) is -1.38. The number of anilines is 2. The average Bonchev–Trinajstić information content (AvgIpc) is 2.63. The van der Waals surface area contributed by atoms with Gasteiger partial charge in [-0.1, -0.05) is 13.8 Å². The largest absolute Gasteiger partial charge is 0.478 e. The highest BCUT2D eigenvalue weighted by Crippen LogP contribution is 2.16. The van der Waals surface area contributed by atoms with E-state index in [2.05, 4.69) is 10.6 Å². The van der Waals surface area contributed by atoms with Crippen molar-refractivity contribution in [1.29, 1.82) is 0 Å². The van der Waals surface area contributed by atoms with Crippen molar-refractivity contribution in [3.8, 4) is 0 Å². The molecule has 0 fully saturated rings. The fourth-order valence-electron chi connectivity index (χ4n) is 2.51. The number of rotatable bonds is 7. The lowest BCUT2D eigenvalue weighted by Crippen LogP contribution is -2.21. The molecular weight excluding hydrogens is 332 g/mol. The van der Waals surface area contributed by atoms with Crippen LogP contribution in [0.5, 0.6) is 0 Å². The molecule has 0 radical (unpaired) electrons. The van der Waals surface area contributed by atoms with Gasteiger partial charge in [-0.15, -0.1) is 0 Å². The van der Waals surface area contributed by atoms with Gasteiger partial charge in [-0.25, -0.2) is 4.79 Å². The van der Waals surface area contributed by atoms with Crippen molar-refractivity contribution in [3.63, 3.8) is 0 Å². The molecule has 0 unspecified atom stereocenters. The summed E-state index contributed by atoms with van der Waals surface area (Å²) in [4.78, 5) is 35.2. The van der Waals surface area contributed by atoms with Crippen LogP contribution in [0.1, 0.15) is 47.4 Å². The molecule has 0 aliphatic heterocycles. The maximum atomic E-state index is 12.3. The first-order valence-electron chi connectivity index (χ1n) is 8.50. The molecule has 0 saturated heterocycles. The van der Waals surface area contributed by atoms with Crippen molar-refractivity contribution in [2.45, 2.75) is 26.7 Å². The van der Waals surface area contributed by atoms with Gasteiger partial charge in [0.25, 0.3) is 5.91 Å². The van der Waals surface area contributed by atoms with E-state index in [1.54, 1.807) is 24.3 Å². The topological polar surface area (TPSA) is 95.5 Å². The summed E-state index contributed by atoms with van der Waals surface area (Å²) in [6, 6.07) is 12.5. The lowest BCUT2D eigenvalue weighted by molar-refractivity contribution is -0.120. The molecule has 0 spiro atoms. The Hall–Kier alpha value is -3.15. The van der Waals surface area contributed by atoms with Crippen LogP contribution in [0.4, 0.5) is 11.4 Å². The summed E-state index contributed by atoms with van der Waals surface area (Å²) in [7, 11) is 0. The molecule has 26 heavy (non-hydrogen) atoms. The lowest BCUT2D eigenvalue weighted by Gasteiger charge is -2.13. The Morgan fingerprint density at radius 3 is 1.73 bits per heavy atom. The van der Waals surface area contributed by atoms with Crippen LogP contribution in [0.25, 0.3) is 0 Å². The van der Waals surface area contributed by atoms with Gasteiger partial charge < -0.3 is 15.7 Å². The SMILES string of the molecule is CCC(CC)C(=O)Nc1ccc(C(=O)Nc2ccc(C(=O)O)cc2)cc1. The Bertz CT molecular complexity index is 778. The lowest BCUT2D eigenvalue weighted by atomic mass is 10.0. The molecule has 2 aromatic carbocycles. The zero-order chi connectivity index (χ0) is 19.1. The van der Waals surface area contributed by atoms with Crippen molar-refractivity contribution in [2.75, 3.05) is 10.6 Å². The van der Waals surface area contributed by atoms with E-state index in [1.807, 2.05) is 13.8 Å². The highest BCUT2D eigenvalue weighted by molar-refractivity contribution is 6.05. The minimum absolute atomic E-state index is 0.0215. The van der Waals surface area contributed by atoms with Gasteiger partial charge in [-0.05, 0) is 61.4 Å².